The lowest BCUT2D eigenvalue weighted by atomic mass is 10.2. The fourth-order valence-electron chi connectivity index (χ4n) is 0.435. The molecule has 0 aliphatic rings. The fourth-order valence-corrected chi connectivity index (χ4v) is 0.435. The molecule has 0 aromatic carbocycles. The molecule has 0 aliphatic carbocycles. The molecular formula is C5H5F6NO. The van der Waals surface area contributed by atoms with Gasteiger partial charge in [-0.15, -0.1) is 0 Å². The van der Waals surface area contributed by atoms with E-state index in [-0.39, 0.29) is 0 Å². The maximum atomic E-state index is 12.2. The van der Waals surface area contributed by atoms with Gasteiger partial charge in [0.25, 0.3) is 12.1 Å². The molecule has 0 bridgehead atoms. The molecule has 0 aromatic rings. The maximum absolute atomic E-state index is 12.2. The van der Waals surface area contributed by atoms with Crippen molar-refractivity contribution in [3.05, 3.63) is 0 Å². The Morgan fingerprint density at radius 2 is 1.62 bits per heavy atom. The average molecular weight is 209 g/mol. The van der Waals surface area contributed by atoms with Crippen molar-refractivity contribution in [3.8, 4) is 0 Å². The summed E-state index contributed by atoms with van der Waals surface area (Å²) in [6, 6.07) is 0. The summed E-state index contributed by atoms with van der Waals surface area (Å²) in [6.45, 7) is 0. The molecular weight excluding hydrogens is 204 g/mol. The molecule has 0 saturated heterocycles. The number of hydrogen-bond donors (Lipinski definition) is 1. The first-order valence-electron chi connectivity index (χ1n) is 2.94. The third kappa shape index (κ3) is 2.25. The largest absolute Gasteiger partial charge is 0.457 e. The monoisotopic (exact) mass is 209 g/mol. The van der Waals surface area contributed by atoms with Crippen LogP contribution >= 0.6 is 0 Å². The highest BCUT2D eigenvalue weighted by Crippen LogP contribution is 2.39. The van der Waals surface area contributed by atoms with E-state index in [0.29, 0.717) is 0 Å². The van der Waals surface area contributed by atoms with Crippen LogP contribution in [0.5, 0.6) is 0 Å². The zero-order valence-corrected chi connectivity index (χ0v) is 6.25. The molecule has 0 aliphatic heterocycles. The van der Waals surface area contributed by atoms with Crippen LogP contribution in [-0.4, -0.2) is 31.2 Å². The predicted octanol–water partition coefficient (Wildman–Crippen LogP) is 1.27. The Bertz CT molecular complexity index is 200. The van der Waals surface area contributed by atoms with E-state index >= 15 is 0 Å². The Balaban J connectivity index is 4.74. The standard InChI is InChI=1S/C5H5F6NO/c1-12-3(13)2(6)4(7,8)5(9,10)11/h2H,1H3,(H,12,13). The van der Waals surface area contributed by atoms with Crippen molar-refractivity contribution < 1.29 is 31.1 Å². The van der Waals surface area contributed by atoms with Crippen molar-refractivity contribution >= 4 is 5.91 Å². The SMILES string of the molecule is CNC(=O)C(F)C(F)(F)C(F)(F)F. The second-order valence-electron chi connectivity index (χ2n) is 2.10. The maximum Gasteiger partial charge on any atom is 0.457 e. The minimum Gasteiger partial charge on any atom is -0.356 e. The van der Waals surface area contributed by atoms with Crippen LogP contribution in [0.3, 0.4) is 0 Å². The van der Waals surface area contributed by atoms with E-state index in [9.17, 15) is 31.1 Å². The quantitative estimate of drug-likeness (QED) is 0.681. The molecule has 0 fully saturated rings. The van der Waals surface area contributed by atoms with Crippen LogP contribution < -0.4 is 5.32 Å². The Hall–Kier alpha value is -0.950. The van der Waals surface area contributed by atoms with Gasteiger partial charge in [0.1, 0.15) is 0 Å². The van der Waals surface area contributed by atoms with Gasteiger partial charge in [-0.25, -0.2) is 4.39 Å². The first-order chi connectivity index (χ1) is 5.64. The molecule has 2 nitrogen and oxygen atoms in total. The molecule has 0 spiro atoms. The number of carbonyl (C=O) groups excluding carboxylic acids is 1. The van der Waals surface area contributed by atoms with Gasteiger partial charge in [0.05, 0.1) is 0 Å². The third-order valence-electron chi connectivity index (χ3n) is 1.17. The molecule has 1 N–H and O–H groups in total. The minimum atomic E-state index is -6.07. The molecule has 0 heterocycles. The third-order valence-corrected chi connectivity index (χ3v) is 1.17. The Morgan fingerprint density at radius 1 is 1.23 bits per heavy atom. The Kier molecular flexibility index (Phi) is 3.18. The average Bonchev–Trinajstić information content (AvgIpc) is 1.99. The van der Waals surface area contributed by atoms with Gasteiger partial charge in [0, 0.05) is 7.05 Å². The number of alkyl halides is 6. The molecule has 1 atom stereocenters. The van der Waals surface area contributed by atoms with Crippen LogP contribution in [0.25, 0.3) is 0 Å². The number of carbonyl (C=O) groups is 1. The van der Waals surface area contributed by atoms with Gasteiger partial charge in [0.2, 0.25) is 0 Å². The summed E-state index contributed by atoms with van der Waals surface area (Å²) in [7, 11) is 0.751. The molecule has 1 amide bonds. The summed E-state index contributed by atoms with van der Waals surface area (Å²) in [6.07, 6.45) is -9.99. The Labute approximate surface area is 68.9 Å². The number of rotatable bonds is 2. The van der Waals surface area contributed by atoms with Gasteiger partial charge in [-0.3, -0.25) is 4.79 Å². The molecule has 0 saturated carbocycles. The van der Waals surface area contributed by atoms with Crippen LogP contribution in [0, 0.1) is 0 Å². The van der Waals surface area contributed by atoms with Crippen molar-refractivity contribution in [2.75, 3.05) is 7.05 Å². The predicted molar refractivity (Wildman–Crippen MR) is 30.0 cm³/mol. The normalized spacial score (nSPS) is 15.3. The summed E-state index contributed by atoms with van der Waals surface area (Å²) in [4.78, 5) is 10.1. The van der Waals surface area contributed by atoms with Crippen LogP contribution in [-0.2, 0) is 4.79 Å². The Morgan fingerprint density at radius 3 is 1.85 bits per heavy atom. The van der Waals surface area contributed by atoms with E-state index in [0.717, 1.165) is 7.05 Å². The minimum absolute atomic E-state index is 0.751. The molecule has 1 unspecified atom stereocenters. The second kappa shape index (κ2) is 3.43. The molecule has 8 heteroatoms. The van der Waals surface area contributed by atoms with Crippen molar-refractivity contribution in [2.45, 2.75) is 18.3 Å². The number of halogens is 6. The van der Waals surface area contributed by atoms with Crippen molar-refractivity contribution in [2.24, 2.45) is 0 Å². The van der Waals surface area contributed by atoms with E-state index in [1.807, 2.05) is 0 Å². The number of amides is 1. The number of hydrogen-bond acceptors (Lipinski definition) is 1. The highest BCUT2D eigenvalue weighted by atomic mass is 19.4. The van der Waals surface area contributed by atoms with Gasteiger partial charge in [-0.2, -0.15) is 22.0 Å². The zero-order valence-electron chi connectivity index (χ0n) is 6.25. The van der Waals surface area contributed by atoms with E-state index in [1.165, 1.54) is 5.32 Å². The van der Waals surface area contributed by atoms with Crippen molar-refractivity contribution in [1.82, 2.24) is 5.32 Å². The van der Waals surface area contributed by atoms with Crippen LogP contribution in [0.1, 0.15) is 0 Å². The highest BCUT2D eigenvalue weighted by molar-refractivity contribution is 5.81. The summed E-state index contributed by atoms with van der Waals surface area (Å²) >= 11 is 0. The molecule has 13 heavy (non-hydrogen) atoms. The van der Waals surface area contributed by atoms with Crippen LogP contribution in [0.4, 0.5) is 26.3 Å². The lowest BCUT2D eigenvalue weighted by molar-refractivity contribution is -0.299. The molecule has 78 valence electrons. The summed E-state index contributed by atoms with van der Waals surface area (Å²) < 4.78 is 70.4. The van der Waals surface area contributed by atoms with Crippen molar-refractivity contribution in [3.63, 3.8) is 0 Å². The topological polar surface area (TPSA) is 29.1 Å². The van der Waals surface area contributed by atoms with E-state index in [2.05, 4.69) is 0 Å². The van der Waals surface area contributed by atoms with Crippen LogP contribution in [0.15, 0.2) is 0 Å². The molecule has 0 rings (SSSR count). The van der Waals surface area contributed by atoms with Crippen molar-refractivity contribution in [1.29, 1.82) is 0 Å². The van der Waals surface area contributed by atoms with E-state index < -0.39 is 24.2 Å². The van der Waals surface area contributed by atoms with Gasteiger partial charge < -0.3 is 5.32 Å². The summed E-state index contributed by atoms with van der Waals surface area (Å²) in [5, 5.41) is 1.35. The van der Waals surface area contributed by atoms with Gasteiger partial charge in [-0.05, 0) is 0 Å². The van der Waals surface area contributed by atoms with Gasteiger partial charge >= 0.3 is 12.1 Å². The first kappa shape index (κ1) is 12.0. The van der Waals surface area contributed by atoms with E-state index in [4.69, 9.17) is 0 Å². The lowest BCUT2D eigenvalue weighted by Crippen LogP contribution is -2.51. The van der Waals surface area contributed by atoms with Gasteiger partial charge in [-0.1, -0.05) is 0 Å². The number of nitrogens with one attached hydrogen (secondary N) is 1. The summed E-state index contributed by atoms with van der Waals surface area (Å²) in [5.41, 5.74) is 0. The van der Waals surface area contributed by atoms with E-state index in [1.54, 1.807) is 0 Å². The summed E-state index contributed by atoms with van der Waals surface area (Å²) in [5.74, 6) is -7.67. The fraction of sp³-hybridized carbons (Fsp3) is 0.800. The lowest BCUT2D eigenvalue weighted by Gasteiger charge is -2.21. The smallest absolute Gasteiger partial charge is 0.356 e. The molecule has 0 radical (unpaired) electrons. The second-order valence-corrected chi connectivity index (χ2v) is 2.10. The first-order valence-corrected chi connectivity index (χ1v) is 2.94. The molecule has 0 aromatic heterocycles. The van der Waals surface area contributed by atoms with Gasteiger partial charge in [0.15, 0.2) is 0 Å². The zero-order chi connectivity index (χ0) is 10.9. The van der Waals surface area contributed by atoms with Crippen LogP contribution in [0.2, 0.25) is 0 Å². The highest BCUT2D eigenvalue weighted by Gasteiger charge is 2.65.